The molecular weight excluding hydrogens is 342 g/mol. The molecule has 0 amide bonds. The Hall–Kier alpha value is -3.80. The van der Waals surface area contributed by atoms with Crippen LogP contribution in [0.2, 0.25) is 0 Å². The van der Waals surface area contributed by atoms with Gasteiger partial charge in [0.1, 0.15) is 11.4 Å². The average molecular weight is 359 g/mol. The van der Waals surface area contributed by atoms with Crippen molar-refractivity contribution < 1.29 is 0 Å². The van der Waals surface area contributed by atoms with Crippen molar-refractivity contribution in [2.75, 3.05) is 5.73 Å². The zero-order chi connectivity index (χ0) is 18.8. The van der Waals surface area contributed by atoms with E-state index in [1.807, 2.05) is 16.9 Å². The zero-order valence-electron chi connectivity index (χ0n) is 14.4. The SMILES string of the molecule is N#Cc1ccc2c(/C(=C/NCc3ccn(C4CC4)n3)N=N)nc(N)nc2c1. The molecule has 1 aliphatic carbocycles. The van der Waals surface area contributed by atoms with Gasteiger partial charge in [0.15, 0.2) is 0 Å². The van der Waals surface area contributed by atoms with Crippen LogP contribution in [-0.4, -0.2) is 19.7 Å². The van der Waals surface area contributed by atoms with Crippen molar-refractivity contribution >= 4 is 22.5 Å². The molecule has 1 aromatic carbocycles. The van der Waals surface area contributed by atoms with E-state index in [9.17, 15) is 0 Å². The summed E-state index contributed by atoms with van der Waals surface area (Å²) in [5.74, 6) is 0.0605. The van der Waals surface area contributed by atoms with E-state index in [0.29, 0.717) is 40.4 Å². The van der Waals surface area contributed by atoms with Crippen molar-refractivity contribution in [1.82, 2.24) is 25.1 Å². The predicted octanol–water partition coefficient (Wildman–Crippen LogP) is 2.73. The van der Waals surface area contributed by atoms with Gasteiger partial charge in [-0.2, -0.15) is 15.5 Å². The van der Waals surface area contributed by atoms with Gasteiger partial charge in [0, 0.05) is 17.8 Å². The number of nitrogens with one attached hydrogen (secondary N) is 2. The monoisotopic (exact) mass is 359 g/mol. The molecule has 0 saturated heterocycles. The van der Waals surface area contributed by atoms with Crippen LogP contribution in [0.1, 0.15) is 35.8 Å². The lowest BCUT2D eigenvalue weighted by molar-refractivity contribution is 0.624. The van der Waals surface area contributed by atoms with Gasteiger partial charge in [-0.1, -0.05) is 0 Å². The van der Waals surface area contributed by atoms with E-state index in [1.165, 1.54) is 12.8 Å². The molecule has 0 spiro atoms. The zero-order valence-corrected chi connectivity index (χ0v) is 14.4. The Morgan fingerprint density at radius 2 is 2.26 bits per heavy atom. The van der Waals surface area contributed by atoms with E-state index in [0.717, 1.165) is 5.69 Å². The lowest BCUT2D eigenvalue weighted by Crippen LogP contribution is -2.08. The Morgan fingerprint density at radius 3 is 3.00 bits per heavy atom. The maximum atomic E-state index is 9.05. The minimum absolute atomic E-state index is 0.0605. The fourth-order valence-electron chi connectivity index (χ4n) is 2.83. The summed E-state index contributed by atoms with van der Waals surface area (Å²) in [5.41, 5.74) is 16.0. The van der Waals surface area contributed by atoms with Gasteiger partial charge in [-0.15, -0.1) is 0 Å². The minimum Gasteiger partial charge on any atom is -0.383 e. The van der Waals surface area contributed by atoms with Gasteiger partial charge < -0.3 is 11.1 Å². The van der Waals surface area contributed by atoms with Crippen LogP contribution in [-0.2, 0) is 6.54 Å². The average Bonchev–Trinajstić information content (AvgIpc) is 3.43. The van der Waals surface area contributed by atoms with Gasteiger partial charge in [0.25, 0.3) is 0 Å². The standard InChI is InChI=1S/C18H17N9/c19-8-11-1-4-14-15(7-11)23-18(20)24-17(14)16(25-21)10-22-9-12-5-6-27(26-12)13-2-3-13/h1,4-7,10,13,21-22H,2-3,9H2,(H2,20,23,24)/b16-10-,25-21?. The largest absolute Gasteiger partial charge is 0.383 e. The van der Waals surface area contributed by atoms with E-state index >= 15 is 0 Å². The third-order valence-corrected chi connectivity index (χ3v) is 4.31. The van der Waals surface area contributed by atoms with Crippen LogP contribution < -0.4 is 11.1 Å². The molecular formula is C18H17N9. The highest BCUT2D eigenvalue weighted by Gasteiger charge is 2.24. The van der Waals surface area contributed by atoms with E-state index in [-0.39, 0.29) is 5.95 Å². The maximum Gasteiger partial charge on any atom is 0.221 e. The highest BCUT2D eigenvalue weighted by atomic mass is 15.3. The van der Waals surface area contributed by atoms with Gasteiger partial charge in [0.05, 0.1) is 35.4 Å². The van der Waals surface area contributed by atoms with E-state index in [4.69, 9.17) is 16.5 Å². The van der Waals surface area contributed by atoms with E-state index < -0.39 is 0 Å². The molecule has 1 saturated carbocycles. The van der Waals surface area contributed by atoms with Crippen LogP contribution in [0.5, 0.6) is 0 Å². The Bertz CT molecular complexity index is 1090. The highest BCUT2D eigenvalue weighted by Crippen LogP contribution is 2.33. The van der Waals surface area contributed by atoms with E-state index in [1.54, 1.807) is 24.4 Å². The number of benzene rings is 1. The number of hydrogen-bond donors (Lipinski definition) is 3. The van der Waals surface area contributed by atoms with Crippen molar-refractivity contribution in [3.8, 4) is 6.07 Å². The molecule has 1 aliphatic rings. The van der Waals surface area contributed by atoms with Gasteiger partial charge >= 0.3 is 0 Å². The first-order valence-corrected chi connectivity index (χ1v) is 8.50. The van der Waals surface area contributed by atoms with E-state index in [2.05, 4.69) is 31.6 Å². The summed E-state index contributed by atoms with van der Waals surface area (Å²) in [6, 6.07) is 9.63. The van der Waals surface area contributed by atoms with Crippen molar-refractivity contribution in [2.24, 2.45) is 5.11 Å². The number of nitriles is 1. The summed E-state index contributed by atoms with van der Waals surface area (Å²) >= 11 is 0. The van der Waals surface area contributed by atoms with Crippen molar-refractivity contribution in [3.63, 3.8) is 0 Å². The van der Waals surface area contributed by atoms with Crippen molar-refractivity contribution in [1.29, 1.82) is 10.8 Å². The molecule has 4 rings (SSSR count). The van der Waals surface area contributed by atoms with Gasteiger partial charge in [-0.3, -0.25) is 4.68 Å². The summed E-state index contributed by atoms with van der Waals surface area (Å²) in [6.45, 7) is 0.510. The molecule has 9 heteroatoms. The Kier molecular flexibility index (Phi) is 4.22. The Morgan fingerprint density at radius 1 is 1.41 bits per heavy atom. The molecule has 27 heavy (non-hydrogen) atoms. The molecule has 0 aliphatic heterocycles. The highest BCUT2D eigenvalue weighted by molar-refractivity contribution is 5.90. The topological polar surface area (TPSA) is 142 Å². The molecule has 2 aromatic heterocycles. The molecule has 4 N–H and O–H groups in total. The number of fused-ring (bicyclic) bond motifs is 1. The summed E-state index contributed by atoms with van der Waals surface area (Å²) in [7, 11) is 0. The molecule has 0 atom stereocenters. The van der Waals surface area contributed by atoms with Crippen LogP contribution in [0.4, 0.5) is 5.95 Å². The smallest absolute Gasteiger partial charge is 0.221 e. The molecule has 0 radical (unpaired) electrons. The van der Waals surface area contributed by atoms with Crippen LogP contribution in [0.3, 0.4) is 0 Å². The van der Waals surface area contributed by atoms with Crippen molar-refractivity contribution in [2.45, 2.75) is 25.4 Å². The fraction of sp³-hybridized carbons (Fsp3) is 0.222. The fourth-order valence-corrected chi connectivity index (χ4v) is 2.83. The lowest BCUT2D eigenvalue weighted by atomic mass is 10.1. The summed E-state index contributed by atoms with van der Waals surface area (Å²) in [4.78, 5) is 8.40. The number of aromatic nitrogens is 4. The molecule has 9 nitrogen and oxygen atoms in total. The molecule has 2 heterocycles. The first kappa shape index (κ1) is 16.7. The minimum atomic E-state index is 0.0605. The third kappa shape index (κ3) is 3.46. The quantitative estimate of drug-likeness (QED) is 0.578. The molecule has 134 valence electrons. The van der Waals surface area contributed by atoms with Crippen LogP contribution in [0.25, 0.3) is 16.6 Å². The molecule has 3 aromatic rings. The summed E-state index contributed by atoms with van der Waals surface area (Å²) in [6.07, 6.45) is 5.97. The maximum absolute atomic E-state index is 9.05. The second-order valence-electron chi connectivity index (χ2n) is 6.31. The predicted molar refractivity (Wildman–Crippen MR) is 99.1 cm³/mol. The van der Waals surface area contributed by atoms with Gasteiger partial charge in [0.2, 0.25) is 5.95 Å². The molecule has 0 bridgehead atoms. The number of nitrogens with two attached hydrogens (primary N) is 1. The first-order chi connectivity index (χ1) is 13.2. The van der Waals surface area contributed by atoms with Crippen LogP contribution in [0.15, 0.2) is 41.8 Å². The Balaban J connectivity index is 1.60. The normalized spacial score (nSPS) is 14.1. The lowest BCUT2D eigenvalue weighted by Gasteiger charge is -2.07. The molecule has 0 unspecified atom stereocenters. The van der Waals surface area contributed by atoms with Crippen LogP contribution in [0, 0.1) is 16.9 Å². The third-order valence-electron chi connectivity index (χ3n) is 4.31. The first-order valence-electron chi connectivity index (χ1n) is 8.50. The number of nitrogens with zero attached hydrogens (tertiary/aromatic N) is 6. The van der Waals surface area contributed by atoms with Gasteiger partial charge in [-0.25, -0.2) is 15.5 Å². The number of hydrogen-bond acceptors (Lipinski definition) is 8. The molecule has 1 fully saturated rings. The number of rotatable bonds is 6. The summed E-state index contributed by atoms with van der Waals surface area (Å²) < 4.78 is 1.99. The Labute approximate surface area is 155 Å². The second kappa shape index (κ2) is 6.84. The van der Waals surface area contributed by atoms with Crippen LogP contribution >= 0.6 is 0 Å². The number of nitrogen functional groups attached to an aromatic ring is 1. The van der Waals surface area contributed by atoms with Crippen molar-refractivity contribution in [3.05, 3.63) is 53.6 Å². The van der Waals surface area contributed by atoms with Gasteiger partial charge in [-0.05, 0) is 37.1 Å². The number of anilines is 1. The summed E-state index contributed by atoms with van der Waals surface area (Å²) in [5, 5.41) is 21.0. The second-order valence-corrected chi connectivity index (χ2v) is 6.31.